The SMILES string of the molecule is Cc1cc(C)cc(CC(CCl)(CCl)c2ccccc2C)c1. The van der Waals surface area contributed by atoms with Crippen LogP contribution in [0.3, 0.4) is 0 Å². The number of halogens is 2. The number of hydrogen-bond acceptors (Lipinski definition) is 0. The molecule has 0 unspecified atom stereocenters. The van der Waals surface area contributed by atoms with Crippen molar-refractivity contribution in [2.45, 2.75) is 32.6 Å². The Morgan fingerprint density at radius 3 is 1.95 bits per heavy atom. The number of hydrogen-bond donors (Lipinski definition) is 0. The van der Waals surface area contributed by atoms with Crippen LogP contribution < -0.4 is 0 Å². The molecule has 0 aliphatic rings. The number of aryl methyl sites for hydroxylation is 3. The van der Waals surface area contributed by atoms with Crippen LogP contribution in [0.15, 0.2) is 42.5 Å². The molecule has 2 heteroatoms. The average molecular weight is 321 g/mol. The first-order valence-electron chi connectivity index (χ1n) is 7.26. The van der Waals surface area contributed by atoms with Crippen LogP contribution in [0.2, 0.25) is 0 Å². The van der Waals surface area contributed by atoms with Crippen LogP contribution in [0.4, 0.5) is 0 Å². The molecule has 0 saturated carbocycles. The molecular formula is C19H22Cl2. The highest BCUT2D eigenvalue weighted by molar-refractivity contribution is 6.22. The molecule has 0 aromatic heterocycles. The molecule has 0 heterocycles. The van der Waals surface area contributed by atoms with Gasteiger partial charge in [-0.3, -0.25) is 0 Å². The summed E-state index contributed by atoms with van der Waals surface area (Å²) in [6, 6.07) is 15.1. The molecule has 21 heavy (non-hydrogen) atoms. The molecular weight excluding hydrogens is 299 g/mol. The van der Waals surface area contributed by atoms with Gasteiger partial charge in [0.25, 0.3) is 0 Å². The second kappa shape index (κ2) is 6.85. The van der Waals surface area contributed by atoms with Crippen LogP contribution in [0.5, 0.6) is 0 Å². The highest BCUT2D eigenvalue weighted by Crippen LogP contribution is 2.34. The maximum Gasteiger partial charge on any atom is 0.0335 e. The minimum atomic E-state index is -0.214. The van der Waals surface area contributed by atoms with Gasteiger partial charge >= 0.3 is 0 Å². The summed E-state index contributed by atoms with van der Waals surface area (Å²) in [5, 5.41) is 0. The Bertz CT molecular complexity index is 592. The fourth-order valence-electron chi connectivity index (χ4n) is 3.10. The second-order valence-electron chi connectivity index (χ2n) is 6.04. The van der Waals surface area contributed by atoms with E-state index in [9.17, 15) is 0 Å². The van der Waals surface area contributed by atoms with E-state index in [0.29, 0.717) is 11.8 Å². The first-order valence-corrected chi connectivity index (χ1v) is 8.33. The van der Waals surface area contributed by atoms with Crippen LogP contribution in [0.1, 0.15) is 27.8 Å². The van der Waals surface area contributed by atoms with Gasteiger partial charge in [-0.1, -0.05) is 53.6 Å². The Hall–Kier alpha value is -0.980. The number of alkyl halides is 2. The summed E-state index contributed by atoms with van der Waals surface area (Å²) < 4.78 is 0. The summed E-state index contributed by atoms with van der Waals surface area (Å²) >= 11 is 12.8. The highest BCUT2D eigenvalue weighted by atomic mass is 35.5. The monoisotopic (exact) mass is 320 g/mol. The average Bonchev–Trinajstić information content (AvgIpc) is 2.44. The van der Waals surface area contributed by atoms with Crippen LogP contribution in [-0.2, 0) is 11.8 Å². The Kier molecular flexibility index (Phi) is 5.35. The van der Waals surface area contributed by atoms with E-state index in [0.717, 1.165) is 6.42 Å². The molecule has 2 aromatic rings. The molecule has 2 rings (SSSR count). The van der Waals surface area contributed by atoms with Crippen molar-refractivity contribution < 1.29 is 0 Å². The normalized spacial score (nSPS) is 11.7. The van der Waals surface area contributed by atoms with Crippen molar-refractivity contribution >= 4 is 23.2 Å². The van der Waals surface area contributed by atoms with Gasteiger partial charge in [0.1, 0.15) is 0 Å². The van der Waals surface area contributed by atoms with Gasteiger partial charge in [0, 0.05) is 17.2 Å². The lowest BCUT2D eigenvalue weighted by molar-refractivity contribution is 0.533. The first-order chi connectivity index (χ1) is 10.0. The van der Waals surface area contributed by atoms with Gasteiger partial charge < -0.3 is 0 Å². The zero-order valence-corrected chi connectivity index (χ0v) is 14.4. The van der Waals surface area contributed by atoms with E-state index in [-0.39, 0.29) is 5.41 Å². The van der Waals surface area contributed by atoms with Crippen molar-refractivity contribution in [1.82, 2.24) is 0 Å². The van der Waals surface area contributed by atoms with E-state index in [2.05, 4.69) is 63.2 Å². The summed E-state index contributed by atoms with van der Waals surface area (Å²) in [7, 11) is 0. The van der Waals surface area contributed by atoms with Gasteiger partial charge in [-0.15, -0.1) is 23.2 Å². The Balaban J connectivity index is 2.45. The van der Waals surface area contributed by atoms with E-state index in [1.807, 2.05) is 0 Å². The molecule has 2 aromatic carbocycles. The minimum Gasteiger partial charge on any atom is -0.126 e. The van der Waals surface area contributed by atoms with Gasteiger partial charge in [0.05, 0.1) is 0 Å². The van der Waals surface area contributed by atoms with Crippen LogP contribution >= 0.6 is 23.2 Å². The Morgan fingerprint density at radius 2 is 1.43 bits per heavy atom. The Labute approximate surface area is 138 Å². The van der Waals surface area contributed by atoms with Crippen molar-refractivity contribution in [3.63, 3.8) is 0 Å². The van der Waals surface area contributed by atoms with Gasteiger partial charge in [-0.25, -0.2) is 0 Å². The lowest BCUT2D eigenvalue weighted by Gasteiger charge is -2.32. The maximum absolute atomic E-state index is 6.38. The van der Waals surface area contributed by atoms with Crippen molar-refractivity contribution in [1.29, 1.82) is 0 Å². The lowest BCUT2D eigenvalue weighted by Crippen LogP contribution is -2.34. The van der Waals surface area contributed by atoms with Gasteiger partial charge in [0.15, 0.2) is 0 Å². The molecule has 0 fully saturated rings. The summed E-state index contributed by atoms with van der Waals surface area (Å²) in [4.78, 5) is 0. The fourth-order valence-corrected chi connectivity index (χ4v) is 3.86. The van der Waals surface area contributed by atoms with E-state index in [4.69, 9.17) is 23.2 Å². The third-order valence-corrected chi connectivity index (χ3v) is 5.08. The molecule has 0 radical (unpaired) electrons. The summed E-state index contributed by atoms with van der Waals surface area (Å²) in [6.07, 6.45) is 0.868. The molecule has 0 spiro atoms. The van der Waals surface area contributed by atoms with E-state index in [1.165, 1.54) is 27.8 Å². The zero-order chi connectivity index (χ0) is 15.5. The number of rotatable bonds is 5. The highest BCUT2D eigenvalue weighted by Gasteiger charge is 2.32. The fraction of sp³-hybridized carbons (Fsp3) is 0.368. The molecule has 0 aliphatic carbocycles. The van der Waals surface area contributed by atoms with Crippen LogP contribution in [0.25, 0.3) is 0 Å². The number of benzene rings is 2. The van der Waals surface area contributed by atoms with Crippen LogP contribution in [-0.4, -0.2) is 11.8 Å². The largest absolute Gasteiger partial charge is 0.126 e. The molecule has 0 saturated heterocycles. The molecule has 0 bridgehead atoms. The Morgan fingerprint density at radius 1 is 0.857 bits per heavy atom. The van der Waals surface area contributed by atoms with E-state index < -0.39 is 0 Å². The molecule has 112 valence electrons. The summed E-state index contributed by atoms with van der Waals surface area (Å²) in [5.41, 5.74) is 6.17. The molecule has 0 amide bonds. The van der Waals surface area contributed by atoms with Crippen molar-refractivity contribution in [3.05, 3.63) is 70.3 Å². The predicted molar refractivity (Wildman–Crippen MR) is 93.9 cm³/mol. The van der Waals surface area contributed by atoms with Gasteiger partial charge in [-0.2, -0.15) is 0 Å². The zero-order valence-electron chi connectivity index (χ0n) is 12.9. The van der Waals surface area contributed by atoms with E-state index >= 15 is 0 Å². The predicted octanol–water partition coefficient (Wildman–Crippen LogP) is 5.57. The minimum absolute atomic E-state index is 0.214. The third-order valence-electron chi connectivity index (χ3n) is 4.05. The third kappa shape index (κ3) is 3.62. The van der Waals surface area contributed by atoms with Crippen LogP contribution in [0, 0.1) is 20.8 Å². The summed E-state index contributed by atoms with van der Waals surface area (Å²) in [6.45, 7) is 6.39. The first kappa shape index (κ1) is 16.4. The maximum atomic E-state index is 6.38. The molecule has 0 atom stereocenters. The molecule has 0 N–H and O–H groups in total. The van der Waals surface area contributed by atoms with E-state index in [1.54, 1.807) is 0 Å². The summed E-state index contributed by atoms with van der Waals surface area (Å²) in [5.74, 6) is 1.04. The molecule has 0 nitrogen and oxygen atoms in total. The van der Waals surface area contributed by atoms with Gasteiger partial charge in [0.2, 0.25) is 0 Å². The lowest BCUT2D eigenvalue weighted by atomic mass is 9.76. The smallest absolute Gasteiger partial charge is 0.0335 e. The van der Waals surface area contributed by atoms with Crippen molar-refractivity contribution in [3.8, 4) is 0 Å². The van der Waals surface area contributed by atoms with Crippen molar-refractivity contribution in [2.24, 2.45) is 0 Å². The van der Waals surface area contributed by atoms with Crippen molar-refractivity contribution in [2.75, 3.05) is 11.8 Å². The standard InChI is InChI=1S/C19H22Cl2/c1-14-8-15(2)10-17(9-14)11-19(12-20,13-21)18-7-5-4-6-16(18)3/h4-10H,11-13H2,1-3H3. The quantitative estimate of drug-likeness (QED) is 0.632. The van der Waals surface area contributed by atoms with Gasteiger partial charge in [-0.05, 0) is 43.9 Å². The topological polar surface area (TPSA) is 0 Å². The molecule has 0 aliphatic heterocycles. The second-order valence-corrected chi connectivity index (χ2v) is 6.57.